The van der Waals surface area contributed by atoms with E-state index in [0.717, 1.165) is 32.5 Å². The van der Waals surface area contributed by atoms with Crippen molar-refractivity contribution in [3.05, 3.63) is 0 Å². The fourth-order valence-electron chi connectivity index (χ4n) is 2.22. The van der Waals surface area contributed by atoms with Crippen molar-refractivity contribution in [3.8, 4) is 0 Å². The van der Waals surface area contributed by atoms with Crippen LogP contribution in [0.3, 0.4) is 0 Å². The molecule has 3 N–H and O–H groups in total. The van der Waals surface area contributed by atoms with Gasteiger partial charge in [-0.2, -0.15) is 0 Å². The van der Waals surface area contributed by atoms with Gasteiger partial charge in [-0.15, -0.1) is 0 Å². The van der Waals surface area contributed by atoms with Crippen molar-refractivity contribution < 1.29 is 4.79 Å². The lowest BCUT2D eigenvalue weighted by molar-refractivity contribution is -0.132. The molecule has 0 aromatic rings. The Balaban J connectivity index is 2.32. The van der Waals surface area contributed by atoms with E-state index in [1.165, 1.54) is 0 Å². The Morgan fingerprint density at radius 3 is 2.35 bits per heavy atom. The van der Waals surface area contributed by atoms with Gasteiger partial charge < -0.3 is 16.0 Å². The largest absolute Gasteiger partial charge is 0.341 e. The first-order valence-electron chi connectivity index (χ1n) is 6.78. The normalized spacial score (nSPS) is 19.7. The Kier molecular flexibility index (Phi) is 5.92. The van der Waals surface area contributed by atoms with E-state index < -0.39 is 0 Å². The van der Waals surface area contributed by atoms with Gasteiger partial charge in [0.1, 0.15) is 0 Å². The van der Waals surface area contributed by atoms with Crippen LogP contribution in [0.5, 0.6) is 0 Å². The van der Waals surface area contributed by atoms with E-state index in [0.29, 0.717) is 18.4 Å². The second-order valence-electron chi connectivity index (χ2n) is 5.40. The molecular formula is C13H27N3O. The molecule has 0 saturated carbocycles. The number of nitrogens with two attached hydrogens (primary N) is 1. The number of nitrogens with one attached hydrogen (secondary N) is 1. The molecule has 1 amide bonds. The van der Waals surface area contributed by atoms with Gasteiger partial charge in [0, 0.05) is 19.6 Å². The molecule has 17 heavy (non-hydrogen) atoms. The third-order valence-electron chi connectivity index (χ3n) is 3.72. The van der Waals surface area contributed by atoms with E-state index in [1.807, 2.05) is 11.8 Å². The monoisotopic (exact) mass is 241 g/mol. The topological polar surface area (TPSA) is 58.4 Å². The summed E-state index contributed by atoms with van der Waals surface area (Å²) in [4.78, 5) is 14.0. The molecule has 0 aromatic heterocycles. The van der Waals surface area contributed by atoms with Gasteiger partial charge in [0.25, 0.3) is 0 Å². The zero-order chi connectivity index (χ0) is 12.8. The molecule has 0 bridgehead atoms. The molecular weight excluding hydrogens is 214 g/mol. The van der Waals surface area contributed by atoms with Crippen LogP contribution in [0.4, 0.5) is 0 Å². The smallest absolute Gasteiger partial charge is 0.239 e. The van der Waals surface area contributed by atoms with Gasteiger partial charge in [0.2, 0.25) is 5.91 Å². The van der Waals surface area contributed by atoms with Crippen molar-refractivity contribution in [3.63, 3.8) is 0 Å². The van der Waals surface area contributed by atoms with E-state index >= 15 is 0 Å². The zero-order valence-electron chi connectivity index (χ0n) is 11.4. The van der Waals surface area contributed by atoms with Gasteiger partial charge in [-0.3, -0.25) is 4.79 Å². The van der Waals surface area contributed by atoms with Gasteiger partial charge in [-0.1, -0.05) is 13.8 Å². The van der Waals surface area contributed by atoms with Gasteiger partial charge in [0.15, 0.2) is 0 Å². The molecule has 1 rings (SSSR count). The highest BCUT2D eigenvalue weighted by Crippen LogP contribution is 2.10. The Hall–Kier alpha value is -0.610. The first kappa shape index (κ1) is 14.5. The van der Waals surface area contributed by atoms with Crippen molar-refractivity contribution in [1.29, 1.82) is 0 Å². The minimum Gasteiger partial charge on any atom is -0.341 e. The molecule has 0 spiro atoms. The molecule has 4 nitrogen and oxygen atoms in total. The van der Waals surface area contributed by atoms with Gasteiger partial charge in [0.05, 0.1) is 6.04 Å². The Labute approximate surface area is 105 Å². The summed E-state index contributed by atoms with van der Waals surface area (Å²) in [6, 6.07) is -0.0825. The fourth-order valence-corrected chi connectivity index (χ4v) is 2.22. The molecule has 0 radical (unpaired) electrons. The standard InChI is InChI=1S/C13H27N3O/c1-10(2)12(8-14)9-15-11(3)13(17)16-6-4-5-7-16/h10-12,15H,4-9,14H2,1-3H3. The Morgan fingerprint density at radius 2 is 1.88 bits per heavy atom. The number of likely N-dealkylation sites (tertiary alicyclic amines) is 1. The Morgan fingerprint density at radius 1 is 1.29 bits per heavy atom. The number of carbonyl (C=O) groups excluding carboxylic acids is 1. The SMILES string of the molecule is CC(NCC(CN)C(C)C)C(=O)N1CCCC1. The average molecular weight is 241 g/mol. The first-order valence-corrected chi connectivity index (χ1v) is 6.78. The first-order chi connectivity index (χ1) is 8.06. The van der Waals surface area contributed by atoms with E-state index in [9.17, 15) is 4.79 Å². The maximum Gasteiger partial charge on any atom is 0.239 e. The van der Waals surface area contributed by atoms with Crippen molar-refractivity contribution in [2.75, 3.05) is 26.2 Å². The number of rotatable bonds is 6. The van der Waals surface area contributed by atoms with Crippen LogP contribution in [0.15, 0.2) is 0 Å². The molecule has 2 unspecified atom stereocenters. The van der Waals surface area contributed by atoms with Crippen LogP contribution < -0.4 is 11.1 Å². The minimum absolute atomic E-state index is 0.0825. The Bertz CT molecular complexity index is 237. The third kappa shape index (κ3) is 4.28. The highest BCUT2D eigenvalue weighted by Gasteiger charge is 2.23. The molecule has 100 valence electrons. The summed E-state index contributed by atoms with van der Waals surface area (Å²) >= 11 is 0. The molecule has 4 heteroatoms. The summed E-state index contributed by atoms with van der Waals surface area (Å²) in [5, 5.41) is 3.32. The molecule has 1 fully saturated rings. The zero-order valence-corrected chi connectivity index (χ0v) is 11.4. The number of hydrogen-bond donors (Lipinski definition) is 2. The van der Waals surface area contributed by atoms with Crippen molar-refractivity contribution >= 4 is 5.91 Å². The molecule has 2 atom stereocenters. The van der Waals surface area contributed by atoms with Gasteiger partial charge in [-0.05, 0) is 38.1 Å². The molecule has 1 aliphatic rings. The number of nitrogens with zero attached hydrogens (tertiary/aromatic N) is 1. The summed E-state index contributed by atoms with van der Waals surface area (Å²) < 4.78 is 0. The maximum absolute atomic E-state index is 12.0. The van der Waals surface area contributed by atoms with Crippen LogP contribution in [0, 0.1) is 11.8 Å². The van der Waals surface area contributed by atoms with Crippen LogP contribution in [0.1, 0.15) is 33.6 Å². The summed E-state index contributed by atoms with van der Waals surface area (Å²) in [7, 11) is 0. The molecule has 0 aliphatic carbocycles. The lowest BCUT2D eigenvalue weighted by Gasteiger charge is -2.25. The van der Waals surface area contributed by atoms with Gasteiger partial charge in [-0.25, -0.2) is 0 Å². The summed E-state index contributed by atoms with van der Waals surface area (Å²) in [6.07, 6.45) is 2.30. The predicted octanol–water partition coefficient (Wildman–Crippen LogP) is 0.818. The number of hydrogen-bond acceptors (Lipinski definition) is 3. The second-order valence-corrected chi connectivity index (χ2v) is 5.40. The summed E-state index contributed by atoms with van der Waals surface area (Å²) in [6.45, 7) is 9.65. The van der Waals surface area contributed by atoms with Crippen molar-refractivity contribution in [2.45, 2.75) is 39.7 Å². The van der Waals surface area contributed by atoms with E-state index in [4.69, 9.17) is 5.73 Å². The van der Waals surface area contributed by atoms with Crippen LogP contribution in [-0.4, -0.2) is 43.0 Å². The summed E-state index contributed by atoms with van der Waals surface area (Å²) in [5.41, 5.74) is 5.72. The van der Waals surface area contributed by atoms with Crippen LogP contribution >= 0.6 is 0 Å². The third-order valence-corrected chi connectivity index (χ3v) is 3.72. The lowest BCUT2D eigenvalue weighted by atomic mass is 9.96. The lowest BCUT2D eigenvalue weighted by Crippen LogP contribution is -2.46. The highest BCUT2D eigenvalue weighted by molar-refractivity contribution is 5.81. The van der Waals surface area contributed by atoms with E-state index in [-0.39, 0.29) is 11.9 Å². The molecule has 1 heterocycles. The second kappa shape index (κ2) is 6.97. The van der Waals surface area contributed by atoms with Crippen LogP contribution in [0.25, 0.3) is 0 Å². The molecule has 1 aliphatic heterocycles. The van der Waals surface area contributed by atoms with E-state index in [2.05, 4.69) is 19.2 Å². The molecule has 0 aromatic carbocycles. The predicted molar refractivity (Wildman–Crippen MR) is 70.7 cm³/mol. The average Bonchev–Trinajstić information content (AvgIpc) is 2.81. The van der Waals surface area contributed by atoms with Gasteiger partial charge >= 0.3 is 0 Å². The fraction of sp³-hybridized carbons (Fsp3) is 0.923. The summed E-state index contributed by atoms with van der Waals surface area (Å²) in [5.74, 6) is 1.24. The van der Waals surface area contributed by atoms with E-state index in [1.54, 1.807) is 0 Å². The van der Waals surface area contributed by atoms with Crippen molar-refractivity contribution in [2.24, 2.45) is 17.6 Å². The highest BCUT2D eigenvalue weighted by atomic mass is 16.2. The van der Waals surface area contributed by atoms with Crippen molar-refractivity contribution in [1.82, 2.24) is 10.2 Å². The quantitative estimate of drug-likeness (QED) is 0.724. The minimum atomic E-state index is -0.0825. The number of carbonyl (C=O) groups is 1. The van der Waals surface area contributed by atoms with Crippen LogP contribution in [-0.2, 0) is 4.79 Å². The van der Waals surface area contributed by atoms with Crippen LogP contribution in [0.2, 0.25) is 0 Å². The molecule has 1 saturated heterocycles. The number of amides is 1. The maximum atomic E-state index is 12.0.